The molecule has 0 spiro atoms. The predicted octanol–water partition coefficient (Wildman–Crippen LogP) is 3.76. The van der Waals surface area contributed by atoms with E-state index in [2.05, 4.69) is 17.2 Å². The van der Waals surface area contributed by atoms with Crippen molar-refractivity contribution >= 4 is 28.6 Å². The molecule has 2 aromatic carbocycles. The average Bonchev–Trinajstić information content (AvgIpc) is 3.64. The Bertz CT molecular complexity index is 1140. The summed E-state index contributed by atoms with van der Waals surface area (Å²) in [7, 11) is 1.55. The van der Waals surface area contributed by atoms with Crippen LogP contribution in [-0.4, -0.2) is 48.9 Å². The Kier molecular flexibility index (Phi) is 13.4. The van der Waals surface area contributed by atoms with Gasteiger partial charge < -0.3 is 15.0 Å². The van der Waals surface area contributed by atoms with Crippen LogP contribution in [0.3, 0.4) is 0 Å². The van der Waals surface area contributed by atoms with Crippen molar-refractivity contribution in [2.75, 3.05) is 20.2 Å². The van der Waals surface area contributed by atoms with Gasteiger partial charge in [-0.1, -0.05) is 24.0 Å². The number of benzene rings is 2. The van der Waals surface area contributed by atoms with Crippen molar-refractivity contribution in [2.45, 2.75) is 19.9 Å². The molecule has 0 saturated heterocycles. The number of nitrogens with zero attached hydrogens (tertiary/aromatic N) is 1. The van der Waals surface area contributed by atoms with E-state index in [0.717, 1.165) is 22.3 Å². The number of nitrogens with one attached hydrogen (secondary N) is 1. The number of esters is 1. The van der Waals surface area contributed by atoms with E-state index >= 15 is 0 Å². The molecule has 4 rings (SSSR count). The number of fused-ring (bicyclic) bond motifs is 1. The third-order valence-corrected chi connectivity index (χ3v) is 5.40. The van der Waals surface area contributed by atoms with Gasteiger partial charge in [-0.25, -0.2) is 4.79 Å². The fraction of sp³-hybridized carbons (Fsp3) is 0.194. The minimum atomic E-state index is -0.775. The standard InChI is InChI=1S/C26H25N2O4.C5H5.Fe/c1-4-32-26(31)18(2)27-24(29)17-28(3)25(30)23-14-13-21-15-20(11-12-22(21)16-23)10-9-19-7-5-6-8-19;1-2-4-5-3-1;/h5-8,11-16,18H,4,17H2,1-3H3,(H,27,29);1-5H;/q;;+2/t18-;;/m0../s1. The third-order valence-electron chi connectivity index (χ3n) is 5.40. The van der Waals surface area contributed by atoms with Gasteiger partial charge in [-0.15, -0.1) is 0 Å². The molecule has 194 valence electrons. The van der Waals surface area contributed by atoms with Crippen LogP contribution in [0, 0.1) is 75.5 Å². The number of carbonyl (C=O) groups excluding carboxylic acids is 3. The largest absolute Gasteiger partial charge is 2.00 e. The first-order chi connectivity index (χ1) is 17.9. The maximum atomic E-state index is 12.8. The second kappa shape index (κ2) is 16.2. The van der Waals surface area contributed by atoms with Gasteiger partial charge in [0.15, 0.2) is 0 Å². The van der Waals surface area contributed by atoms with Gasteiger partial charge in [-0.05, 0) is 107 Å². The molecule has 2 fully saturated rings. The van der Waals surface area contributed by atoms with Crippen LogP contribution in [0.15, 0.2) is 36.4 Å². The summed E-state index contributed by atoms with van der Waals surface area (Å²) in [6, 6.07) is 10.4. The van der Waals surface area contributed by atoms with E-state index in [1.54, 1.807) is 33.0 Å². The van der Waals surface area contributed by atoms with Crippen molar-refractivity contribution < 1.29 is 36.2 Å². The van der Waals surface area contributed by atoms with Crippen molar-refractivity contribution in [2.24, 2.45) is 0 Å². The molecule has 6 nitrogen and oxygen atoms in total. The number of rotatable bonds is 6. The second-order valence-electron chi connectivity index (χ2n) is 8.36. The molecule has 1 N–H and O–H groups in total. The molecule has 0 aromatic heterocycles. The van der Waals surface area contributed by atoms with Crippen LogP contribution in [0.4, 0.5) is 0 Å². The monoisotopic (exact) mass is 550 g/mol. The minimum absolute atomic E-state index is 0. The summed E-state index contributed by atoms with van der Waals surface area (Å²) in [6.07, 6.45) is 17.8. The fourth-order valence-electron chi connectivity index (χ4n) is 3.50. The van der Waals surface area contributed by atoms with Crippen molar-refractivity contribution in [3.63, 3.8) is 0 Å². The van der Waals surface area contributed by atoms with Crippen molar-refractivity contribution in [1.82, 2.24) is 10.2 Å². The molecule has 0 bridgehead atoms. The number of ether oxygens (including phenoxy) is 1. The zero-order chi connectivity index (χ0) is 26.6. The number of likely N-dealkylation sites (N-methyl/N-ethyl adjacent to an activating group) is 1. The molecular formula is C31H30FeN2O4+2. The summed E-state index contributed by atoms with van der Waals surface area (Å²) in [4.78, 5) is 37.9. The first kappa shape index (κ1) is 31.4. The van der Waals surface area contributed by atoms with Gasteiger partial charge in [0.25, 0.3) is 5.91 Å². The van der Waals surface area contributed by atoms with Crippen molar-refractivity contribution in [3.05, 3.63) is 111 Å². The van der Waals surface area contributed by atoms with Crippen LogP contribution in [-0.2, 0) is 31.4 Å². The van der Waals surface area contributed by atoms with Gasteiger partial charge in [0, 0.05) is 18.2 Å². The Hall–Kier alpha value is -2.81. The molecule has 1 atom stereocenters. The molecule has 0 heterocycles. The summed E-state index contributed by atoms with van der Waals surface area (Å²) in [5, 5.41) is 4.42. The maximum absolute atomic E-state index is 12.8. The molecule has 2 saturated carbocycles. The number of carbonyl (C=O) groups is 3. The molecule has 10 radical (unpaired) electrons. The molecular weight excluding hydrogens is 520 g/mol. The number of amides is 2. The second-order valence-corrected chi connectivity index (χ2v) is 8.36. The normalized spacial score (nSPS) is 15.2. The average molecular weight is 550 g/mol. The molecule has 2 amide bonds. The van der Waals surface area contributed by atoms with Gasteiger partial charge in [0.05, 0.1) is 19.1 Å². The molecule has 7 heteroatoms. The van der Waals surface area contributed by atoms with Crippen LogP contribution in [0.1, 0.15) is 29.8 Å². The van der Waals surface area contributed by atoms with Gasteiger partial charge in [0.1, 0.15) is 6.04 Å². The van der Waals surface area contributed by atoms with E-state index in [0.29, 0.717) is 5.56 Å². The summed E-state index contributed by atoms with van der Waals surface area (Å²) < 4.78 is 4.87. The van der Waals surface area contributed by atoms with Gasteiger partial charge in [-0.2, -0.15) is 0 Å². The molecule has 0 aliphatic heterocycles. The maximum Gasteiger partial charge on any atom is 2.00 e. The third kappa shape index (κ3) is 9.82. The van der Waals surface area contributed by atoms with E-state index in [4.69, 9.17) is 4.74 Å². The van der Waals surface area contributed by atoms with Gasteiger partial charge in [0.2, 0.25) is 5.91 Å². The van der Waals surface area contributed by atoms with E-state index in [-0.39, 0.29) is 36.1 Å². The molecule has 2 aliphatic rings. The fourth-order valence-corrected chi connectivity index (χ4v) is 3.50. The number of hydrogen-bond acceptors (Lipinski definition) is 4. The SMILES string of the molecule is CCOC(=O)[C@H](C)NC(=O)CN(C)C(=O)c1ccc2cc(C#C[C]3[CH][CH][CH][CH]3)ccc2c1.[CH]1[CH][CH][CH][CH]1.[Fe+2]. The minimum Gasteiger partial charge on any atom is -0.464 e. The Labute approximate surface area is 237 Å². The summed E-state index contributed by atoms with van der Waals surface area (Å²) in [5.41, 5.74) is 1.36. The van der Waals surface area contributed by atoms with Crippen LogP contribution >= 0.6 is 0 Å². The predicted molar refractivity (Wildman–Crippen MR) is 144 cm³/mol. The van der Waals surface area contributed by atoms with E-state index in [1.807, 2.05) is 82.1 Å². The van der Waals surface area contributed by atoms with Crippen LogP contribution < -0.4 is 5.32 Å². The Morgan fingerprint density at radius 2 is 1.50 bits per heavy atom. The topological polar surface area (TPSA) is 75.7 Å². The van der Waals surface area contributed by atoms with Crippen molar-refractivity contribution in [1.29, 1.82) is 0 Å². The van der Waals surface area contributed by atoms with E-state index in [9.17, 15) is 14.4 Å². The molecule has 0 unspecified atom stereocenters. The Morgan fingerprint density at radius 3 is 2.13 bits per heavy atom. The zero-order valence-corrected chi connectivity index (χ0v) is 22.7. The van der Waals surface area contributed by atoms with E-state index in [1.165, 1.54) is 4.90 Å². The Balaban J connectivity index is 0.000000756. The number of hydrogen-bond donors (Lipinski definition) is 1. The Morgan fingerprint density at radius 1 is 0.895 bits per heavy atom. The summed E-state index contributed by atoms with van der Waals surface area (Å²) >= 11 is 0. The first-order valence-corrected chi connectivity index (χ1v) is 12.0. The summed E-state index contributed by atoms with van der Waals surface area (Å²) in [6.45, 7) is 3.30. The van der Waals surface area contributed by atoms with Crippen LogP contribution in [0.2, 0.25) is 0 Å². The zero-order valence-electron chi connectivity index (χ0n) is 21.6. The first-order valence-electron chi connectivity index (χ1n) is 12.0. The van der Waals surface area contributed by atoms with E-state index < -0.39 is 17.9 Å². The van der Waals surface area contributed by atoms with Crippen molar-refractivity contribution in [3.8, 4) is 11.8 Å². The quantitative estimate of drug-likeness (QED) is 0.338. The molecule has 2 aliphatic carbocycles. The summed E-state index contributed by atoms with van der Waals surface area (Å²) in [5.74, 6) is 6.00. The molecule has 38 heavy (non-hydrogen) atoms. The van der Waals surface area contributed by atoms with Gasteiger partial charge >= 0.3 is 23.0 Å². The van der Waals surface area contributed by atoms with Crippen LogP contribution in [0.25, 0.3) is 10.8 Å². The van der Waals surface area contributed by atoms with Gasteiger partial charge in [-0.3, -0.25) is 9.59 Å². The molecule has 2 aromatic rings. The smallest absolute Gasteiger partial charge is 0.464 e. The van der Waals surface area contributed by atoms with Crippen LogP contribution in [0.5, 0.6) is 0 Å².